The molecule has 1 saturated heterocycles. The Labute approximate surface area is 111 Å². The molecule has 1 aliphatic heterocycles. The van der Waals surface area contributed by atoms with Crippen LogP contribution >= 0.6 is 27.7 Å². The quantitative estimate of drug-likeness (QED) is 0.586. The van der Waals surface area contributed by atoms with Gasteiger partial charge in [-0.15, -0.1) is 11.8 Å². The predicted molar refractivity (Wildman–Crippen MR) is 73.0 cm³/mol. The maximum Gasteiger partial charge on any atom is 0.239 e. The molecule has 1 spiro atoms. The molecule has 0 atom stereocenters. The molecule has 1 amide bonds. The molecule has 2 rings (SSSR count). The summed E-state index contributed by atoms with van der Waals surface area (Å²) in [5.74, 6) is 1.37. The largest absolute Gasteiger partial charge is 0.332 e. The summed E-state index contributed by atoms with van der Waals surface area (Å²) < 4.78 is -0.00729. The van der Waals surface area contributed by atoms with E-state index in [1.807, 2.05) is 11.8 Å². The Hall–Kier alpha value is 0.300. The molecule has 0 N–H and O–H groups in total. The summed E-state index contributed by atoms with van der Waals surface area (Å²) in [5, 5.41) is 1.05. The minimum Gasteiger partial charge on any atom is -0.332 e. The summed E-state index contributed by atoms with van der Waals surface area (Å²) >= 11 is 5.34. The van der Waals surface area contributed by atoms with Crippen LogP contribution in [0.5, 0.6) is 0 Å². The Morgan fingerprint density at radius 1 is 1.25 bits per heavy atom. The molecule has 0 aromatic heterocycles. The summed E-state index contributed by atoms with van der Waals surface area (Å²) in [5.41, 5.74) is 0. The second-order valence-electron chi connectivity index (χ2n) is 4.79. The first-order chi connectivity index (χ1) is 7.78. The van der Waals surface area contributed by atoms with E-state index < -0.39 is 0 Å². The fourth-order valence-electron chi connectivity index (χ4n) is 2.65. The molecule has 0 bridgehead atoms. The van der Waals surface area contributed by atoms with Gasteiger partial charge in [-0.3, -0.25) is 4.79 Å². The Morgan fingerprint density at radius 3 is 2.69 bits per heavy atom. The van der Waals surface area contributed by atoms with Crippen LogP contribution in [0.25, 0.3) is 0 Å². The van der Waals surface area contributed by atoms with E-state index in [4.69, 9.17) is 0 Å². The van der Waals surface area contributed by atoms with Crippen LogP contribution < -0.4 is 0 Å². The lowest BCUT2D eigenvalue weighted by Crippen LogP contribution is -2.40. The third-order valence-corrected chi connectivity index (χ3v) is 5.78. The first-order valence-electron chi connectivity index (χ1n) is 6.28. The number of carbonyl (C=O) groups is 1. The number of carbonyl (C=O) groups excluding carboxylic acids is 1. The maximum absolute atomic E-state index is 12.4. The highest BCUT2D eigenvalue weighted by Gasteiger charge is 2.47. The third-order valence-electron chi connectivity index (χ3n) is 3.65. The van der Waals surface area contributed by atoms with Gasteiger partial charge >= 0.3 is 0 Å². The fraction of sp³-hybridized carbons (Fsp3) is 0.917. The normalized spacial score (nSPS) is 24.3. The molecule has 0 aromatic rings. The van der Waals surface area contributed by atoms with Gasteiger partial charge in [-0.1, -0.05) is 35.2 Å². The van der Waals surface area contributed by atoms with E-state index in [0.717, 1.165) is 37.0 Å². The zero-order chi connectivity index (χ0) is 11.4. The van der Waals surface area contributed by atoms with Crippen molar-refractivity contribution in [2.24, 2.45) is 0 Å². The molecule has 2 aliphatic rings. The van der Waals surface area contributed by atoms with Crippen LogP contribution in [-0.4, -0.2) is 33.3 Å². The molecular formula is C12H20BrNOS. The number of amides is 1. The van der Waals surface area contributed by atoms with Crippen molar-refractivity contribution in [2.45, 2.75) is 49.7 Å². The van der Waals surface area contributed by atoms with Crippen LogP contribution in [0.4, 0.5) is 0 Å². The van der Waals surface area contributed by atoms with Gasteiger partial charge in [0.1, 0.15) is 0 Å². The summed E-state index contributed by atoms with van der Waals surface area (Å²) in [4.78, 5) is 14.5. The Kier molecular flexibility index (Phi) is 4.59. The highest BCUT2D eigenvalue weighted by molar-refractivity contribution is 9.09. The van der Waals surface area contributed by atoms with Crippen LogP contribution in [0, 0.1) is 0 Å². The summed E-state index contributed by atoms with van der Waals surface area (Å²) in [6, 6.07) is 0. The molecule has 1 saturated carbocycles. The maximum atomic E-state index is 12.4. The number of hydrogen-bond donors (Lipinski definition) is 0. The van der Waals surface area contributed by atoms with Gasteiger partial charge in [0.15, 0.2) is 0 Å². The summed E-state index contributed by atoms with van der Waals surface area (Å²) in [7, 11) is 0. The van der Waals surface area contributed by atoms with E-state index in [1.165, 1.54) is 25.7 Å². The molecular weight excluding hydrogens is 286 g/mol. The van der Waals surface area contributed by atoms with Gasteiger partial charge in [0.25, 0.3) is 0 Å². The highest BCUT2D eigenvalue weighted by Crippen LogP contribution is 2.45. The van der Waals surface area contributed by atoms with Crippen LogP contribution in [0.3, 0.4) is 0 Å². The number of rotatable bonds is 4. The van der Waals surface area contributed by atoms with Gasteiger partial charge in [-0.05, 0) is 25.7 Å². The SMILES string of the molecule is O=C1N(CCCCBr)CSC12CCCCC2. The smallest absolute Gasteiger partial charge is 0.239 e. The second-order valence-corrected chi connectivity index (χ2v) is 6.91. The van der Waals surface area contributed by atoms with Gasteiger partial charge in [0.05, 0.1) is 10.6 Å². The van der Waals surface area contributed by atoms with Gasteiger partial charge in [-0.2, -0.15) is 0 Å². The summed E-state index contributed by atoms with van der Waals surface area (Å²) in [6.07, 6.45) is 8.34. The van der Waals surface area contributed by atoms with Gasteiger partial charge in [0.2, 0.25) is 5.91 Å². The zero-order valence-corrected chi connectivity index (χ0v) is 12.1. The lowest BCUT2D eigenvalue weighted by atomic mass is 9.87. The molecule has 1 heterocycles. The number of hydrogen-bond acceptors (Lipinski definition) is 2. The minimum atomic E-state index is -0.00729. The highest BCUT2D eigenvalue weighted by atomic mass is 79.9. The van der Waals surface area contributed by atoms with E-state index in [1.54, 1.807) is 0 Å². The average Bonchev–Trinajstić information content (AvgIpc) is 2.60. The van der Waals surface area contributed by atoms with Crippen LogP contribution in [0.1, 0.15) is 44.9 Å². The third kappa shape index (κ3) is 2.58. The molecule has 16 heavy (non-hydrogen) atoms. The van der Waals surface area contributed by atoms with Gasteiger partial charge < -0.3 is 4.90 Å². The van der Waals surface area contributed by atoms with Gasteiger partial charge in [0, 0.05) is 11.9 Å². The van der Waals surface area contributed by atoms with Crippen molar-refractivity contribution in [1.29, 1.82) is 0 Å². The van der Waals surface area contributed by atoms with Crippen molar-refractivity contribution in [3.05, 3.63) is 0 Å². The fourth-order valence-corrected chi connectivity index (χ4v) is 4.53. The molecule has 4 heteroatoms. The monoisotopic (exact) mass is 305 g/mol. The van der Waals surface area contributed by atoms with Crippen molar-refractivity contribution in [3.8, 4) is 0 Å². The predicted octanol–water partition coefficient (Wildman–Crippen LogP) is 3.40. The van der Waals surface area contributed by atoms with Crippen molar-refractivity contribution in [1.82, 2.24) is 4.90 Å². The Morgan fingerprint density at radius 2 is 2.00 bits per heavy atom. The van der Waals surface area contributed by atoms with Crippen LogP contribution in [-0.2, 0) is 4.79 Å². The van der Waals surface area contributed by atoms with Crippen molar-refractivity contribution in [2.75, 3.05) is 17.8 Å². The first-order valence-corrected chi connectivity index (χ1v) is 8.38. The molecule has 92 valence electrons. The molecule has 1 aliphatic carbocycles. The van der Waals surface area contributed by atoms with Gasteiger partial charge in [-0.25, -0.2) is 0 Å². The summed E-state index contributed by atoms with van der Waals surface area (Å²) in [6.45, 7) is 0.958. The standard InChI is InChI=1S/C12H20BrNOS/c13-8-4-5-9-14-10-16-12(11(14)15)6-2-1-3-7-12/h1-10H2. The molecule has 0 unspecified atom stereocenters. The average molecular weight is 306 g/mol. The first kappa shape index (κ1) is 12.7. The number of unbranched alkanes of at least 4 members (excludes halogenated alkanes) is 1. The van der Waals surface area contributed by atoms with E-state index in [9.17, 15) is 4.79 Å². The van der Waals surface area contributed by atoms with E-state index >= 15 is 0 Å². The lowest BCUT2D eigenvalue weighted by molar-refractivity contribution is -0.132. The van der Waals surface area contributed by atoms with E-state index in [0.29, 0.717) is 5.91 Å². The zero-order valence-electron chi connectivity index (χ0n) is 9.71. The second kappa shape index (κ2) is 5.76. The van der Waals surface area contributed by atoms with Crippen LogP contribution in [0.2, 0.25) is 0 Å². The Bertz CT molecular complexity index is 251. The number of halogens is 1. The molecule has 0 radical (unpaired) electrons. The van der Waals surface area contributed by atoms with Crippen LogP contribution in [0.15, 0.2) is 0 Å². The molecule has 2 fully saturated rings. The lowest BCUT2D eigenvalue weighted by Gasteiger charge is -2.30. The molecule has 0 aromatic carbocycles. The minimum absolute atomic E-state index is 0.00729. The topological polar surface area (TPSA) is 20.3 Å². The number of nitrogens with zero attached hydrogens (tertiary/aromatic N) is 1. The van der Waals surface area contributed by atoms with Crippen molar-refractivity contribution in [3.63, 3.8) is 0 Å². The van der Waals surface area contributed by atoms with E-state index in [-0.39, 0.29) is 4.75 Å². The van der Waals surface area contributed by atoms with Crippen molar-refractivity contribution >= 4 is 33.6 Å². The Balaban J connectivity index is 1.88. The number of alkyl halides is 1. The molecule has 2 nitrogen and oxygen atoms in total. The van der Waals surface area contributed by atoms with Crippen molar-refractivity contribution < 1.29 is 4.79 Å². The number of thioether (sulfide) groups is 1. The van der Waals surface area contributed by atoms with E-state index in [2.05, 4.69) is 20.8 Å².